The maximum Gasteiger partial charge on any atom is 0.0649 e. The fraction of sp³-hybridized carbons (Fsp3) is 0.600. The first-order valence-electron chi connectivity index (χ1n) is 10.7. The molecule has 3 heteroatoms. The lowest BCUT2D eigenvalue weighted by atomic mass is 9.61. The summed E-state index contributed by atoms with van der Waals surface area (Å²) < 4.78 is 0. The maximum atomic E-state index is 11.2. The highest BCUT2D eigenvalue weighted by molar-refractivity contribution is 9.11. The quantitative estimate of drug-likeness (QED) is 0.489. The number of halogens is 1. The van der Waals surface area contributed by atoms with Gasteiger partial charge in [-0.1, -0.05) is 72.3 Å². The molecule has 0 aromatic heterocycles. The molecule has 2 nitrogen and oxygen atoms in total. The lowest BCUT2D eigenvalue weighted by Gasteiger charge is -2.44. The Morgan fingerprint density at radius 2 is 2.04 bits per heavy atom. The van der Waals surface area contributed by atoms with Gasteiger partial charge < -0.3 is 10.2 Å². The summed E-state index contributed by atoms with van der Waals surface area (Å²) in [5.41, 5.74) is 3.66. The highest BCUT2D eigenvalue weighted by Gasteiger charge is 2.50. The topological polar surface area (TPSA) is 40.5 Å². The number of rotatable bonds is 7. The summed E-state index contributed by atoms with van der Waals surface area (Å²) in [7, 11) is 0. The number of benzene rings is 1. The van der Waals surface area contributed by atoms with Crippen molar-refractivity contribution in [2.75, 3.05) is 6.61 Å². The zero-order chi connectivity index (χ0) is 20.3. The van der Waals surface area contributed by atoms with Crippen LogP contribution in [0.4, 0.5) is 0 Å². The molecule has 6 atom stereocenters. The average molecular weight is 447 g/mol. The molecule has 1 aromatic carbocycles. The fourth-order valence-corrected chi connectivity index (χ4v) is 6.86. The monoisotopic (exact) mass is 446 g/mol. The molecular weight excluding hydrogens is 412 g/mol. The van der Waals surface area contributed by atoms with Crippen molar-refractivity contribution in [1.82, 2.24) is 0 Å². The minimum atomic E-state index is -0.519. The van der Waals surface area contributed by atoms with Crippen LogP contribution in [0.1, 0.15) is 63.9 Å². The van der Waals surface area contributed by atoms with E-state index in [1.807, 2.05) is 30.3 Å². The van der Waals surface area contributed by atoms with Gasteiger partial charge in [-0.2, -0.15) is 0 Å². The normalized spacial score (nSPS) is 32.0. The van der Waals surface area contributed by atoms with Crippen LogP contribution in [0.5, 0.6) is 0 Å². The van der Waals surface area contributed by atoms with Gasteiger partial charge in [0, 0.05) is 5.92 Å². The lowest BCUT2D eigenvalue weighted by molar-refractivity contribution is 0.0572. The summed E-state index contributed by atoms with van der Waals surface area (Å²) in [6.07, 6.45) is 6.53. The number of hydrogen-bond donors (Lipinski definition) is 2. The molecular formula is C25H35BrO2. The van der Waals surface area contributed by atoms with E-state index in [4.69, 9.17) is 0 Å². The van der Waals surface area contributed by atoms with E-state index >= 15 is 0 Å². The van der Waals surface area contributed by atoms with E-state index in [2.05, 4.69) is 41.3 Å². The summed E-state index contributed by atoms with van der Waals surface area (Å²) >= 11 is 3.60. The van der Waals surface area contributed by atoms with E-state index in [9.17, 15) is 10.2 Å². The van der Waals surface area contributed by atoms with Crippen LogP contribution in [0.2, 0.25) is 0 Å². The van der Waals surface area contributed by atoms with Gasteiger partial charge in [0.15, 0.2) is 0 Å². The third-order valence-corrected chi connectivity index (χ3v) is 8.25. The smallest absolute Gasteiger partial charge is 0.0649 e. The molecule has 0 aliphatic heterocycles. The van der Waals surface area contributed by atoms with Crippen molar-refractivity contribution in [3.8, 4) is 0 Å². The van der Waals surface area contributed by atoms with Gasteiger partial charge in [0.2, 0.25) is 0 Å². The molecule has 0 heterocycles. The van der Waals surface area contributed by atoms with Gasteiger partial charge in [0.1, 0.15) is 0 Å². The van der Waals surface area contributed by atoms with Gasteiger partial charge >= 0.3 is 0 Å². The molecule has 0 bridgehead atoms. The van der Waals surface area contributed by atoms with Crippen LogP contribution in [-0.2, 0) is 0 Å². The Morgan fingerprint density at radius 1 is 1.32 bits per heavy atom. The molecule has 2 saturated carbocycles. The van der Waals surface area contributed by atoms with Crippen LogP contribution in [0, 0.1) is 23.2 Å². The van der Waals surface area contributed by atoms with Crippen molar-refractivity contribution < 1.29 is 10.2 Å². The first-order valence-corrected chi connectivity index (χ1v) is 11.6. The number of aliphatic hydroxyl groups excluding tert-OH is 2. The molecule has 28 heavy (non-hydrogen) atoms. The van der Waals surface area contributed by atoms with Crippen LogP contribution in [0.3, 0.4) is 0 Å². The van der Waals surface area contributed by atoms with E-state index in [-0.39, 0.29) is 12.5 Å². The molecule has 0 radical (unpaired) electrons. The molecule has 1 aromatic rings. The first-order chi connectivity index (χ1) is 13.4. The summed E-state index contributed by atoms with van der Waals surface area (Å²) in [6.45, 7) is 8.76. The second-order valence-electron chi connectivity index (χ2n) is 9.26. The van der Waals surface area contributed by atoms with Crippen molar-refractivity contribution in [2.45, 2.75) is 64.4 Å². The average Bonchev–Trinajstić information content (AvgIpc) is 3.05. The Balaban J connectivity index is 1.76. The molecule has 2 N–H and O–H groups in total. The molecule has 2 fully saturated rings. The van der Waals surface area contributed by atoms with Crippen molar-refractivity contribution in [2.24, 2.45) is 23.2 Å². The molecule has 2 aliphatic carbocycles. The van der Waals surface area contributed by atoms with E-state index in [0.717, 1.165) is 12.0 Å². The highest BCUT2D eigenvalue weighted by Crippen LogP contribution is 2.60. The van der Waals surface area contributed by atoms with E-state index in [1.54, 1.807) is 5.57 Å². The minimum absolute atomic E-state index is 0.0897. The Hall–Kier alpha value is -0.900. The summed E-state index contributed by atoms with van der Waals surface area (Å²) in [5, 5.41) is 20.9. The molecule has 3 rings (SSSR count). The Kier molecular flexibility index (Phi) is 7.22. The van der Waals surface area contributed by atoms with Crippen LogP contribution < -0.4 is 0 Å². The highest BCUT2D eigenvalue weighted by atomic mass is 79.9. The molecule has 0 spiro atoms. The van der Waals surface area contributed by atoms with Gasteiger partial charge in [-0.05, 0) is 77.8 Å². The fourth-order valence-electron chi connectivity index (χ4n) is 6.32. The molecule has 0 unspecified atom stereocenters. The van der Waals surface area contributed by atoms with Gasteiger partial charge in [-0.15, -0.1) is 0 Å². The van der Waals surface area contributed by atoms with Gasteiger partial charge in [-0.3, -0.25) is 0 Å². The molecule has 0 amide bonds. The number of allylic oxidation sites excluding steroid dienone is 1. The third-order valence-electron chi connectivity index (χ3n) is 7.66. The van der Waals surface area contributed by atoms with E-state index in [0.29, 0.717) is 28.7 Å². The molecule has 2 aliphatic rings. The Bertz CT molecular complexity index is 698. The van der Waals surface area contributed by atoms with Crippen molar-refractivity contribution in [3.63, 3.8) is 0 Å². The number of fused-ring (bicyclic) bond motifs is 1. The molecule has 0 saturated heterocycles. The van der Waals surface area contributed by atoms with Crippen LogP contribution in [0.15, 0.2) is 53.0 Å². The predicted molar refractivity (Wildman–Crippen MR) is 120 cm³/mol. The van der Waals surface area contributed by atoms with Crippen LogP contribution >= 0.6 is 15.9 Å². The van der Waals surface area contributed by atoms with Crippen molar-refractivity contribution >= 4 is 15.9 Å². The summed E-state index contributed by atoms with van der Waals surface area (Å²) in [6, 6.07) is 10.0. The second kappa shape index (κ2) is 9.28. The maximum absolute atomic E-state index is 11.2. The number of aliphatic hydroxyl groups is 2. The predicted octanol–water partition coefficient (Wildman–Crippen LogP) is 6.20. The number of hydrogen-bond acceptors (Lipinski definition) is 2. The standard InChI is InChI=1S/C25H35BrO2/c1-17(21-11-12-22-20(15-26)10-7-13-25(21,22)3)14-23(28)24(18(2)16-27)19-8-5-4-6-9-19/h4-6,8-9,15,17,21-24,27-28H,2,7,10-14,16H2,1,3H3/t17-,21-,22+,23+,24+,25-/m1/s1. The van der Waals surface area contributed by atoms with Gasteiger partial charge in [0.25, 0.3) is 0 Å². The zero-order valence-corrected chi connectivity index (χ0v) is 18.9. The summed E-state index contributed by atoms with van der Waals surface area (Å²) in [4.78, 5) is 2.17. The van der Waals surface area contributed by atoms with Crippen LogP contribution in [0.25, 0.3) is 0 Å². The SMILES string of the molecule is C=C(CO)[C@@H](c1ccccc1)[C@@H](O)C[C@@H](C)[C@H]1CC[C@H]2C(=CBr)CCC[C@]12C. The lowest BCUT2D eigenvalue weighted by Crippen LogP contribution is -2.37. The summed E-state index contributed by atoms with van der Waals surface area (Å²) in [5.74, 6) is 1.55. The van der Waals surface area contributed by atoms with Crippen LogP contribution in [-0.4, -0.2) is 22.9 Å². The Labute approximate surface area is 178 Å². The van der Waals surface area contributed by atoms with Crippen molar-refractivity contribution in [1.29, 1.82) is 0 Å². The zero-order valence-electron chi connectivity index (χ0n) is 17.3. The Morgan fingerprint density at radius 3 is 2.68 bits per heavy atom. The first kappa shape index (κ1) is 21.8. The molecule has 154 valence electrons. The minimum Gasteiger partial charge on any atom is -0.392 e. The van der Waals surface area contributed by atoms with Gasteiger partial charge in [0.05, 0.1) is 12.7 Å². The third kappa shape index (κ3) is 4.17. The largest absolute Gasteiger partial charge is 0.392 e. The van der Waals surface area contributed by atoms with Gasteiger partial charge in [-0.25, -0.2) is 0 Å². The van der Waals surface area contributed by atoms with E-state index in [1.165, 1.54) is 32.1 Å². The second-order valence-corrected chi connectivity index (χ2v) is 9.72. The van der Waals surface area contributed by atoms with E-state index < -0.39 is 6.10 Å². The van der Waals surface area contributed by atoms with Crippen molar-refractivity contribution in [3.05, 3.63) is 58.6 Å².